The van der Waals surface area contributed by atoms with Gasteiger partial charge < -0.3 is 25.4 Å². The van der Waals surface area contributed by atoms with Gasteiger partial charge in [0.25, 0.3) is 0 Å². The van der Waals surface area contributed by atoms with E-state index in [0.717, 1.165) is 50.7 Å². The molecule has 3 N–H and O–H groups in total. The van der Waals surface area contributed by atoms with Crippen LogP contribution in [-0.2, 0) is 16.1 Å². The lowest BCUT2D eigenvalue weighted by Gasteiger charge is -2.26. The summed E-state index contributed by atoms with van der Waals surface area (Å²) in [6, 6.07) is 7.98. The second-order valence-electron chi connectivity index (χ2n) is 8.30. The van der Waals surface area contributed by atoms with E-state index in [9.17, 15) is 4.79 Å². The van der Waals surface area contributed by atoms with Crippen molar-refractivity contribution >= 4 is 35.8 Å². The molecule has 0 saturated carbocycles. The van der Waals surface area contributed by atoms with E-state index < -0.39 is 0 Å². The predicted octanol–water partition coefficient (Wildman–Crippen LogP) is 1.99. The van der Waals surface area contributed by atoms with Gasteiger partial charge in [0, 0.05) is 31.7 Å². The Morgan fingerprint density at radius 3 is 2.65 bits per heavy atom. The number of hydrogen-bond donors (Lipinski definition) is 3. The van der Waals surface area contributed by atoms with Crippen molar-refractivity contribution in [2.24, 2.45) is 4.99 Å². The lowest BCUT2D eigenvalue weighted by atomic mass is 10.1. The van der Waals surface area contributed by atoms with Crippen molar-refractivity contribution in [3.63, 3.8) is 0 Å². The van der Waals surface area contributed by atoms with Crippen molar-refractivity contribution in [3.05, 3.63) is 29.8 Å². The number of hydrogen-bond acceptors (Lipinski definition) is 5. The van der Waals surface area contributed by atoms with Gasteiger partial charge in [-0.05, 0) is 45.4 Å². The van der Waals surface area contributed by atoms with E-state index in [-0.39, 0.29) is 42.0 Å². The zero-order valence-electron chi connectivity index (χ0n) is 19.2. The molecule has 1 aromatic rings. The van der Waals surface area contributed by atoms with Gasteiger partial charge in [0.2, 0.25) is 5.91 Å². The molecule has 1 heterocycles. The molecule has 0 atom stereocenters. The Morgan fingerprint density at radius 2 is 1.97 bits per heavy atom. The number of benzene rings is 1. The molecule has 31 heavy (non-hydrogen) atoms. The van der Waals surface area contributed by atoms with Crippen molar-refractivity contribution in [1.29, 1.82) is 0 Å². The molecule has 0 bridgehead atoms. The minimum Gasteiger partial charge on any atom is -0.492 e. The molecule has 1 amide bonds. The second kappa shape index (κ2) is 14.5. The average molecular weight is 547 g/mol. The van der Waals surface area contributed by atoms with Gasteiger partial charge in [0.1, 0.15) is 12.4 Å². The number of aliphatic imine (C=N–C) groups is 1. The van der Waals surface area contributed by atoms with Crippen molar-refractivity contribution in [1.82, 2.24) is 20.9 Å². The van der Waals surface area contributed by atoms with Crippen molar-refractivity contribution in [2.75, 3.05) is 52.5 Å². The Balaban J connectivity index is 0.00000480. The first kappa shape index (κ1) is 27.4. The van der Waals surface area contributed by atoms with Gasteiger partial charge in [-0.3, -0.25) is 9.69 Å². The van der Waals surface area contributed by atoms with Gasteiger partial charge >= 0.3 is 0 Å². The number of amides is 1. The molecule has 0 spiro atoms. The molecule has 0 aliphatic carbocycles. The van der Waals surface area contributed by atoms with E-state index in [0.29, 0.717) is 19.1 Å². The predicted molar refractivity (Wildman–Crippen MR) is 135 cm³/mol. The molecule has 2 rings (SSSR count). The quantitative estimate of drug-likeness (QED) is 0.249. The summed E-state index contributed by atoms with van der Waals surface area (Å²) in [5.41, 5.74) is 0.798. The normalized spacial score (nSPS) is 15.0. The summed E-state index contributed by atoms with van der Waals surface area (Å²) in [5, 5.41) is 9.18. The van der Waals surface area contributed by atoms with Crippen LogP contribution in [0.2, 0.25) is 0 Å². The molecular formula is C22H38IN5O3. The van der Waals surface area contributed by atoms with Gasteiger partial charge in [-0.25, -0.2) is 4.99 Å². The monoisotopic (exact) mass is 547 g/mol. The summed E-state index contributed by atoms with van der Waals surface area (Å²) in [7, 11) is 0. The minimum atomic E-state index is -0.254. The number of ether oxygens (including phenoxy) is 2. The Morgan fingerprint density at radius 1 is 1.23 bits per heavy atom. The number of guanidine groups is 1. The topological polar surface area (TPSA) is 87.2 Å². The van der Waals surface area contributed by atoms with Gasteiger partial charge in [-0.1, -0.05) is 12.1 Å². The summed E-state index contributed by atoms with van der Waals surface area (Å²) in [5.74, 6) is 1.39. The highest BCUT2D eigenvalue weighted by molar-refractivity contribution is 14.0. The molecular weight excluding hydrogens is 509 g/mol. The molecule has 0 unspecified atom stereocenters. The summed E-state index contributed by atoms with van der Waals surface area (Å²) in [4.78, 5) is 19.0. The number of halogens is 1. The van der Waals surface area contributed by atoms with Crippen molar-refractivity contribution in [3.8, 4) is 5.75 Å². The van der Waals surface area contributed by atoms with Crippen molar-refractivity contribution in [2.45, 2.75) is 39.8 Å². The highest BCUT2D eigenvalue weighted by Crippen LogP contribution is 2.14. The first-order chi connectivity index (χ1) is 14.4. The zero-order valence-corrected chi connectivity index (χ0v) is 21.5. The van der Waals surface area contributed by atoms with Gasteiger partial charge in [0.05, 0.1) is 26.3 Å². The third kappa shape index (κ3) is 12.1. The molecule has 9 heteroatoms. The Labute approximate surface area is 203 Å². The molecule has 0 radical (unpaired) electrons. The van der Waals surface area contributed by atoms with Gasteiger partial charge in [-0.15, -0.1) is 24.0 Å². The van der Waals surface area contributed by atoms with Gasteiger partial charge in [-0.2, -0.15) is 0 Å². The van der Waals surface area contributed by atoms with Crippen LogP contribution in [0.15, 0.2) is 29.3 Å². The molecule has 8 nitrogen and oxygen atoms in total. The standard InChI is InChI=1S/C22H37N5O3.HI/c1-5-23-21(25-17-20(28)26-22(2,3)4)24-16-18-7-6-8-19(15-18)30-14-11-27-9-12-29-13-10-27;/h6-8,15H,5,9-14,16-17H2,1-4H3,(H,26,28)(H2,23,24,25);1H. The largest absolute Gasteiger partial charge is 0.492 e. The van der Waals surface area contributed by atoms with Crippen LogP contribution in [0, 0.1) is 0 Å². The third-order valence-electron chi connectivity index (χ3n) is 4.37. The SMILES string of the molecule is CCNC(=NCc1cccc(OCCN2CCOCC2)c1)NCC(=O)NC(C)(C)C.I. The Kier molecular flexibility index (Phi) is 12.8. The zero-order chi connectivity index (χ0) is 21.8. The number of carbonyl (C=O) groups excluding carboxylic acids is 1. The maximum absolute atomic E-state index is 12.0. The van der Waals surface area contributed by atoms with Crippen LogP contribution in [0.4, 0.5) is 0 Å². The van der Waals surface area contributed by atoms with Crippen molar-refractivity contribution < 1.29 is 14.3 Å². The van der Waals surface area contributed by atoms with E-state index in [4.69, 9.17) is 9.47 Å². The molecule has 0 aromatic heterocycles. The lowest BCUT2D eigenvalue weighted by Crippen LogP contribution is -2.48. The molecule has 176 valence electrons. The van der Waals surface area contributed by atoms with Crippen LogP contribution in [0.25, 0.3) is 0 Å². The maximum Gasteiger partial charge on any atom is 0.239 e. The highest BCUT2D eigenvalue weighted by Gasteiger charge is 2.13. The van der Waals surface area contributed by atoms with E-state index in [2.05, 4.69) is 25.8 Å². The fourth-order valence-corrected chi connectivity index (χ4v) is 2.99. The molecule has 1 fully saturated rings. The molecule has 1 aliphatic heterocycles. The van der Waals surface area contributed by atoms with Crippen LogP contribution >= 0.6 is 24.0 Å². The number of nitrogens with one attached hydrogen (secondary N) is 3. The van der Waals surface area contributed by atoms with Crippen LogP contribution < -0.4 is 20.7 Å². The molecule has 1 aromatic carbocycles. The number of rotatable bonds is 9. The van der Waals surface area contributed by atoms with E-state index >= 15 is 0 Å². The first-order valence-electron chi connectivity index (χ1n) is 10.7. The van der Waals surface area contributed by atoms with Crippen LogP contribution in [0.1, 0.15) is 33.3 Å². The number of morpholine rings is 1. The second-order valence-corrected chi connectivity index (χ2v) is 8.30. The minimum absolute atomic E-state index is 0. The maximum atomic E-state index is 12.0. The van der Waals surface area contributed by atoms with E-state index in [1.165, 1.54) is 0 Å². The number of carbonyl (C=O) groups is 1. The third-order valence-corrected chi connectivity index (χ3v) is 4.37. The van der Waals surface area contributed by atoms with Gasteiger partial charge in [0.15, 0.2) is 5.96 Å². The van der Waals surface area contributed by atoms with Crippen LogP contribution in [0.5, 0.6) is 5.75 Å². The Hall–Kier alpha value is -1.59. The molecule has 1 saturated heterocycles. The number of nitrogens with zero attached hydrogens (tertiary/aromatic N) is 2. The Bertz CT molecular complexity index is 688. The van der Waals surface area contributed by atoms with E-state index in [1.807, 2.05) is 52.0 Å². The fraction of sp³-hybridized carbons (Fsp3) is 0.636. The summed E-state index contributed by atoms with van der Waals surface area (Å²) >= 11 is 0. The summed E-state index contributed by atoms with van der Waals surface area (Å²) in [6.07, 6.45) is 0. The lowest BCUT2D eigenvalue weighted by molar-refractivity contribution is -0.121. The van der Waals surface area contributed by atoms with Crippen LogP contribution in [0.3, 0.4) is 0 Å². The first-order valence-corrected chi connectivity index (χ1v) is 10.7. The average Bonchev–Trinajstić information content (AvgIpc) is 2.70. The molecule has 1 aliphatic rings. The summed E-state index contributed by atoms with van der Waals surface area (Å²) < 4.78 is 11.3. The van der Waals surface area contributed by atoms with E-state index in [1.54, 1.807) is 0 Å². The summed E-state index contributed by atoms with van der Waals surface area (Å²) in [6.45, 7) is 14.3. The van der Waals surface area contributed by atoms with Crippen LogP contribution in [-0.4, -0.2) is 74.8 Å². The smallest absolute Gasteiger partial charge is 0.239 e. The highest BCUT2D eigenvalue weighted by atomic mass is 127. The fourth-order valence-electron chi connectivity index (χ4n) is 2.99.